The SMILES string of the molecule is CC(C)(C)[Si](C)(C)OC(=O)c1ccc([N+](=O)[O-])o1. The first-order chi connectivity index (χ1) is 8.04. The third-order valence-electron chi connectivity index (χ3n) is 3.13. The topological polar surface area (TPSA) is 82.6 Å². The Morgan fingerprint density at radius 3 is 2.33 bits per heavy atom. The van der Waals surface area contributed by atoms with Crippen LogP contribution in [-0.4, -0.2) is 19.2 Å². The lowest BCUT2D eigenvalue weighted by molar-refractivity contribution is -0.402. The summed E-state index contributed by atoms with van der Waals surface area (Å²) in [4.78, 5) is 21.6. The van der Waals surface area contributed by atoms with Crippen LogP contribution in [0.1, 0.15) is 31.3 Å². The molecule has 0 amide bonds. The van der Waals surface area contributed by atoms with Crippen LogP contribution in [0.2, 0.25) is 18.1 Å². The number of hydrogen-bond donors (Lipinski definition) is 0. The summed E-state index contributed by atoms with van der Waals surface area (Å²) in [7, 11) is -2.25. The van der Waals surface area contributed by atoms with E-state index in [-0.39, 0.29) is 10.8 Å². The van der Waals surface area contributed by atoms with Gasteiger partial charge in [0.15, 0.2) is 0 Å². The molecule has 0 aliphatic rings. The summed E-state index contributed by atoms with van der Waals surface area (Å²) in [5.74, 6) is -1.24. The van der Waals surface area contributed by atoms with Gasteiger partial charge in [-0.2, -0.15) is 0 Å². The lowest BCUT2D eigenvalue weighted by Crippen LogP contribution is -2.42. The van der Waals surface area contributed by atoms with Gasteiger partial charge in [-0.1, -0.05) is 20.8 Å². The van der Waals surface area contributed by atoms with Crippen molar-refractivity contribution in [2.24, 2.45) is 0 Å². The zero-order chi connectivity index (χ0) is 14.1. The number of nitrogens with zero attached hydrogens (tertiary/aromatic N) is 1. The zero-order valence-electron chi connectivity index (χ0n) is 11.1. The quantitative estimate of drug-likeness (QED) is 0.478. The number of carbonyl (C=O) groups excluding carboxylic acids is 1. The standard InChI is InChI=1S/C11H17NO5Si/c1-11(2,3)18(4,5)17-10(13)8-6-7-9(16-8)12(14)15/h6-7H,1-5H3. The Labute approximate surface area is 106 Å². The van der Waals surface area contributed by atoms with Crippen molar-refractivity contribution in [1.82, 2.24) is 0 Å². The molecule has 0 radical (unpaired) electrons. The molecular weight excluding hydrogens is 254 g/mol. The average molecular weight is 271 g/mol. The van der Waals surface area contributed by atoms with Crippen molar-refractivity contribution in [2.45, 2.75) is 38.9 Å². The third kappa shape index (κ3) is 2.98. The Kier molecular flexibility index (Phi) is 3.66. The molecule has 0 saturated carbocycles. The van der Waals surface area contributed by atoms with E-state index in [0.29, 0.717) is 0 Å². The normalized spacial score (nSPS) is 12.3. The van der Waals surface area contributed by atoms with Crippen molar-refractivity contribution in [3.8, 4) is 0 Å². The van der Waals surface area contributed by atoms with Gasteiger partial charge in [0.2, 0.25) is 5.76 Å². The van der Waals surface area contributed by atoms with Crippen LogP contribution in [0, 0.1) is 10.1 Å². The van der Waals surface area contributed by atoms with E-state index in [0.717, 1.165) is 6.07 Å². The van der Waals surface area contributed by atoms with Gasteiger partial charge < -0.3 is 8.84 Å². The molecule has 0 fully saturated rings. The second-order valence-electron chi connectivity index (χ2n) is 5.54. The van der Waals surface area contributed by atoms with E-state index in [1.807, 2.05) is 33.9 Å². The van der Waals surface area contributed by atoms with Gasteiger partial charge >= 0.3 is 11.9 Å². The minimum atomic E-state index is -2.25. The van der Waals surface area contributed by atoms with Crippen molar-refractivity contribution >= 4 is 20.2 Å². The highest BCUT2D eigenvalue weighted by molar-refractivity contribution is 6.75. The van der Waals surface area contributed by atoms with E-state index in [1.54, 1.807) is 0 Å². The van der Waals surface area contributed by atoms with Crippen LogP contribution in [0.4, 0.5) is 5.88 Å². The van der Waals surface area contributed by atoms with Crippen LogP contribution in [0.5, 0.6) is 0 Å². The lowest BCUT2D eigenvalue weighted by atomic mass is 10.2. The molecule has 0 N–H and O–H groups in total. The summed E-state index contributed by atoms with van der Waals surface area (Å²) in [6.45, 7) is 9.83. The Hall–Kier alpha value is -1.63. The van der Waals surface area contributed by atoms with Crippen molar-refractivity contribution in [1.29, 1.82) is 0 Å². The molecule has 0 aliphatic carbocycles. The summed E-state index contributed by atoms with van der Waals surface area (Å²) in [6.07, 6.45) is 0. The minimum absolute atomic E-state index is 0.124. The molecule has 0 unspecified atom stereocenters. The van der Waals surface area contributed by atoms with Gasteiger partial charge in [-0.25, -0.2) is 4.79 Å². The summed E-state index contributed by atoms with van der Waals surface area (Å²) in [5, 5.41) is 10.3. The highest BCUT2D eigenvalue weighted by Gasteiger charge is 2.41. The molecule has 6 nitrogen and oxygen atoms in total. The fourth-order valence-corrected chi connectivity index (χ4v) is 1.84. The van der Waals surface area contributed by atoms with Gasteiger partial charge in [-0.05, 0) is 24.2 Å². The van der Waals surface area contributed by atoms with E-state index >= 15 is 0 Å². The molecule has 18 heavy (non-hydrogen) atoms. The number of furan rings is 1. The van der Waals surface area contributed by atoms with Crippen LogP contribution >= 0.6 is 0 Å². The molecule has 1 rings (SSSR count). The Morgan fingerprint density at radius 2 is 1.94 bits per heavy atom. The van der Waals surface area contributed by atoms with Crippen molar-refractivity contribution < 1.29 is 18.6 Å². The fourth-order valence-electron chi connectivity index (χ4n) is 0.971. The number of nitro groups is 1. The summed E-state index contributed by atoms with van der Waals surface area (Å²) >= 11 is 0. The van der Waals surface area contributed by atoms with E-state index in [4.69, 9.17) is 8.84 Å². The molecule has 0 bridgehead atoms. The van der Waals surface area contributed by atoms with Gasteiger partial charge in [-0.3, -0.25) is 10.1 Å². The molecule has 0 aromatic carbocycles. The largest absolute Gasteiger partial charge is 0.513 e. The van der Waals surface area contributed by atoms with Crippen LogP contribution < -0.4 is 0 Å². The molecule has 1 aromatic rings. The number of rotatable bonds is 3. The van der Waals surface area contributed by atoms with Gasteiger partial charge in [0.05, 0.1) is 6.07 Å². The predicted molar refractivity (Wildman–Crippen MR) is 68.0 cm³/mol. The van der Waals surface area contributed by atoms with E-state index in [9.17, 15) is 14.9 Å². The number of hydrogen-bond acceptors (Lipinski definition) is 5. The van der Waals surface area contributed by atoms with Gasteiger partial charge in [-0.15, -0.1) is 0 Å². The zero-order valence-corrected chi connectivity index (χ0v) is 12.1. The summed E-state index contributed by atoms with van der Waals surface area (Å²) < 4.78 is 10.3. The molecule has 0 saturated heterocycles. The molecule has 1 heterocycles. The van der Waals surface area contributed by atoms with Gasteiger partial charge in [0, 0.05) is 0 Å². The maximum Gasteiger partial charge on any atom is 0.433 e. The smallest absolute Gasteiger partial charge is 0.433 e. The predicted octanol–water partition coefficient (Wildman–Crippen LogP) is 3.35. The van der Waals surface area contributed by atoms with Gasteiger partial charge in [0.25, 0.3) is 8.32 Å². The molecule has 1 aromatic heterocycles. The second-order valence-corrected chi connectivity index (χ2v) is 10.3. The van der Waals surface area contributed by atoms with Gasteiger partial charge in [0.1, 0.15) is 4.92 Å². The highest BCUT2D eigenvalue weighted by atomic mass is 28.4. The Bertz CT molecular complexity index is 472. The van der Waals surface area contributed by atoms with Crippen molar-refractivity contribution in [3.05, 3.63) is 28.0 Å². The molecule has 100 valence electrons. The summed E-state index contributed by atoms with van der Waals surface area (Å²) in [6, 6.07) is 2.40. The first-order valence-corrected chi connectivity index (χ1v) is 8.43. The van der Waals surface area contributed by atoms with Crippen LogP contribution in [0.25, 0.3) is 0 Å². The Balaban J connectivity index is 2.86. The Morgan fingerprint density at radius 1 is 1.39 bits per heavy atom. The molecule has 0 spiro atoms. The lowest BCUT2D eigenvalue weighted by Gasteiger charge is -2.34. The van der Waals surface area contributed by atoms with E-state index in [1.165, 1.54) is 6.07 Å². The minimum Gasteiger partial charge on any atom is -0.513 e. The second kappa shape index (κ2) is 4.56. The maximum atomic E-state index is 11.8. The third-order valence-corrected chi connectivity index (χ3v) is 7.44. The van der Waals surface area contributed by atoms with Crippen LogP contribution in [-0.2, 0) is 4.43 Å². The molecular formula is C11H17NO5Si. The molecule has 0 aliphatic heterocycles. The van der Waals surface area contributed by atoms with E-state index in [2.05, 4.69) is 0 Å². The first-order valence-electron chi connectivity index (χ1n) is 5.52. The maximum absolute atomic E-state index is 11.8. The van der Waals surface area contributed by atoms with Crippen molar-refractivity contribution in [3.63, 3.8) is 0 Å². The van der Waals surface area contributed by atoms with E-state index < -0.39 is 25.1 Å². The summed E-state index contributed by atoms with van der Waals surface area (Å²) in [5.41, 5.74) is 0. The molecule has 0 atom stereocenters. The van der Waals surface area contributed by atoms with Crippen LogP contribution in [0.15, 0.2) is 16.5 Å². The fraction of sp³-hybridized carbons (Fsp3) is 0.545. The van der Waals surface area contributed by atoms with Crippen LogP contribution in [0.3, 0.4) is 0 Å². The monoisotopic (exact) mass is 271 g/mol. The first kappa shape index (κ1) is 14.4. The molecule has 7 heteroatoms. The number of carbonyl (C=O) groups is 1. The average Bonchev–Trinajstić information content (AvgIpc) is 2.63. The van der Waals surface area contributed by atoms with Crippen molar-refractivity contribution in [2.75, 3.05) is 0 Å². The highest BCUT2D eigenvalue weighted by Crippen LogP contribution is 2.37.